The average molecular weight is 1750 g/mol. The van der Waals surface area contributed by atoms with Crippen LogP contribution >= 0.6 is 22.7 Å². The van der Waals surface area contributed by atoms with E-state index in [0.717, 1.165) is 240 Å². The number of unbranched alkanes of at least 4 members (excludes halogenated alkanes) is 16. The van der Waals surface area contributed by atoms with E-state index in [9.17, 15) is 38.4 Å². The van der Waals surface area contributed by atoms with E-state index in [-0.39, 0.29) is 58.6 Å². The largest absolute Gasteiger partial charge is 0.380 e. The van der Waals surface area contributed by atoms with E-state index in [1.54, 1.807) is 72.8 Å². The number of allylic oxidation sites excluding steroid dienone is 2. The van der Waals surface area contributed by atoms with Crippen LogP contribution in [0.4, 0.5) is 26.3 Å². The zero-order valence-corrected chi connectivity index (χ0v) is 73.8. The predicted molar refractivity (Wildman–Crippen MR) is 496 cm³/mol. The second-order valence-corrected chi connectivity index (χ2v) is 38.3. The Morgan fingerprint density at radius 1 is 0.276 bits per heavy atom. The Kier molecular flexibility index (Phi) is 22.3. The van der Waals surface area contributed by atoms with Crippen LogP contribution in [0.2, 0.25) is 0 Å². The van der Waals surface area contributed by atoms with Crippen LogP contribution in [-0.2, 0) is 13.1 Å². The number of hydrogen-bond donors (Lipinski definition) is 0. The summed E-state index contributed by atoms with van der Waals surface area (Å²) in [6.45, 7) is 11.2. The van der Waals surface area contributed by atoms with Crippen molar-refractivity contribution in [2.75, 3.05) is 0 Å². The van der Waals surface area contributed by atoms with Crippen LogP contribution in [-0.4, -0.2) is 96.7 Å². The number of hydrogen-bond acceptors (Lipinski definition) is 10. The van der Waals surface area contributed by atoms with Crippen molar-refractivity contribution < 1.29 is 64.7 Å². The van der Waals surface area contributed by atoms with Gasteiger partial charge in [0.2, 0.25) is 0 Å². The molecule has 0 bridgehead atoms. The number of imide groups is 4. The lowest BCUT2D eigenvalue weighted by atomic mass is 9.82. The fourth-order valence-corrected chi connectivity index (χ4v) is 23.5. The number of fused-ring (bicyclic) bond motifs is 4. The number of nitrogens with zero attached hydrogens (tertiary/aromatic N) is 4. The quantitative estimate of drug-likeness (QED) is 0.0127. The Bertz CT molecular complexity index is 6280. The van der Waals surface area contributed by atoms with Gasteiger partial charge in [-0.1, -0.05) is 253 Å². The summed E-state index contributed by atoms with van der Waals surface area (Å²) in [5, 5.41) is 11.3. The van der Waals surface area contributed by atoms with Crippen LogP contribution < -0.4 is 0 Å². The minimum Gasteiger partial charge on any atom is -0.271 e. The molecule has 5 aliphatic rings. The van der Waals surface area contributed by atoms with Gasteiger partial charge in [0, 0.05) is 109 Å². The molecule has 12 nitrogen and oxygen atoms in total. The van der Waals surface area contributed by atoms with Gasteiger partial charge in [0.05, 0.1) is 13.1 Å². The molecule has 0 radical (unpaired) electrons. The lowest BCUT2D eigenvalue weighted by Crippen LogP contribution is -2.48. The molecule has 2 aromatic heterocycles. The normalized spacial score (nSPS) is 16.1. The Morgan fingerprint density at radius 3 is 0.740 bits per heavy atom. The van der Waals surface area contributed by atoms with Crippen LogP contribution in [0.15, 0.2) is 158 Å². The van der Waals surface area contributed by atoms with Crippen molar-refractivity contribution in [2.24, 2.45) is 0 Å². The summed E-state index contributed by atoms with van der Waals surface area (Å²) in [5.74, 6) is -19.9. The zero-order valence-electron chi connectivity index (χ0n) is 72.2. The highest BCUT2D eigenvalue weighted by atomic mass is 32.1. The van der Waals surface area contributed by atoms with E-state index >= 15 is 26.3 Å². The van der Waals surface area contributed by atoms with Crippen molar-refractivity contribution in [3.05, 3.63) is 234 Å². The van der Waals surface area contributed by atoms with Crippen molar-refractivity contribution in [3.63, 3.8) is 0 Å². The highest BCUT2D eigenvalue weighted by Crippen LogP contribution is 2.67. The van der Waals surface area contributed by atoms with Crippen molar-refractivity contribution in [3.8, 4) is 20.9 Å². The van der Waals surface area contributed by atoms with E-state index in [0.29, 0.717) is 109 Å². The van der Waals surface area contributed by atoms with Gasteiger partial charge in [-0.15, -0.1) is 22.7 Å². The summed E-state index contributed by atoms with van der Waals surface area (Å²) in [7, 11) is 0. The molecule has 4 aliphatic heterocycles. The smallest absolute Gasteiger partial charge is 0.271 e. The number of benzene rings is 12. The van der Waals surface area contributed by atoms with E-state index < -0.39 is 63.7 Å². The van der Waals surface area contributed by atoms with Crippen molar-refractivity contribution in [1.29, 1.82) is 0 Å². The Balaban J connectivity index is 0.558. The molecule has 14 aromatic rings. The molecule has 12 aromatic carbocycles. The summed E-state index contributed by atoms with van der Waals surface area (Å²) in [6.07, 6.45) is 24.4. The van der Waals surface area contributed by atoms with Gasteiger partial charge in [0.1, 0.15) is 0 Å². The molecular weight excluding hydrogens is 1650 g/mol. The number of alkyl halides is 6. The second-order valence-electron chi connectivity index (χ2n) is 35.8. The summed E-state index contributed by atoms with van der Waals surface area (Å²) in [5.41, 5.74) is 1.02. The number of carbonyl (C=O) groups excluding carboxylic acids is 8. The van der Waals surface area contributed by atoms with Crippen LogP contribution in [0.3, 0.4) is 0 Å². The summed E-state index contributed by atoms with van der Waals surface area (Å²) in [6, 6.07) is 44.4. The van der Waals surface area contributed by atoms with Crippen LogP contribution in [0.5, 0.6) is 0 Å². The number of aryl methyl sites for hydroxylation is 2. The van der Waals surface area contributed by atoms with Gasteiger partial charge in [-0.05, 0) is 198 Å². The van der Waals surface area contributed by atoms with E-state index in [1.165, 1.54) is 35.8 Å². The third-order valence-electron chi connectivity index (χ3n) is 28.0. The molecule has 0 N–H and O–H groups in total. The SMILES string of the molecule is CCCCCCCC(CCCCCCC)N1C(=O)c2ccc3c4ccc5c6c(ccc(c7ccc(c2c37)C1=O)c64)C(=O)N(Cc1ccc(-c2cc(C3=C(c4cc(-c6ccc(CN7C(=O)c8ccc9c%10ccc%11c%12c(ccc(c%13ccc(c8c9%13)C7=O)c%12%10)C(=O)N(C(CCCCCCC)CCCCCCC)C%11=O)cc6)sc4C)C(F)(F)C(F)(F)C3(F)F)c(C)s2)cc1)C5=O. The Morgan fingerprint density at radius 2 is 0.504 bits per heavy atom. The minimum absolute atomic E-state index is 0.0737. The molecule has 8 amide bonds. The average Bonchev–Trinajstić information content (AvgIpc) is 1.65. The number of amides is 8. The maximum atomic E-state index is 16.7. The zero-order chi connectivity index (χ0) is 88.6. The third kappa shape index (κ3) is 13.6. The maximum Gasteiger partial charge on any atom is 0.380 e. The molecule has 20 heteroatoms. The van der Waals surface area contributed by atoms with Gasteiger partial charge >= 0.3 is 17.8 Å². The number of halogens is 6. The third-order valence-corrected chi connectivity index (χ3v) is 30.2. The first-order valence-corrected chi connectivity index (χ1v) is 47.2. The first-order valence-electron chi connectivity index (χ1n) is 45.5. The molecule has 0 fully saturated rings. The van der Waals surface area contributed by atoms with E-state index in [2.05, 4.69) is 27.7 Å². The highest BCUT2D eigenvalue weighted by molar-refractivity contribution is 7.16. The molecular formula is C107H98F6N4O8S2. The number of rotatable bonds is 34. The topological polar surface area (TPSA) is 150 Å². The Hall–Kier alpha value is -11.5. The summed E-state index contributed by atoms with van der Waals surface area (Å²) in [4.78, 5) is 125. The van der Waals surface area contributed by atoms with Crippen LogP contribution in [0, 0.1) is 13.8 Å². The van der Waals surface area contributed by atoms with Gasteiger partial charge in [-0.3, -0.25) is 58.0 Å². The van der Waals surface area contributed by atoms with Crippen LogP contribution in [0.1, 0.15) is 297 Å². The van der Waals surface area contributed by atoms with E-state index in [1.807, 2.05) is 72.8 Å². The summed E-state index contributed by atoms with van der Waals surface area (Å²) >= 11 is 1.92. The maximum absolute atomic E-state index is 16.7. The van der Waals surface area contributed by atoms with Gasteiger partial charge in [0.15, 0.2) is 0 Å². The molecule has 0 saturated carbocycles. The van der Waals surface area contributed by atoms with Gasteiger partial charge in [-0.25, -0.2) is 0 Å². The highest BCUT2D eigenvalue weighted by Gasteiger charge is 2.80. The lowest BCUT2D eigenvalue weighted by Gasteiger charge is -2.35. The molecule has 0 unspecified atom stereocenters. The molecule has 0 atom stereocenters. The summed E-state index contributed by atoms with van der Waals surface area (Å²) < 4.78 is 99.3. The van der Waals surface area contributed by atoms with Gasteiger partial charge in [-0.2, -0.15) is 26.3 Å². The molecule has 648 valence electrons. The minimum atomic E-state index is -5.85. The fraction of sp³-hybridized carbons (Fsp3) is 0.346. The standard InChI is InChI=1S/C107H98F6N4O8S2/c1-7-11-15-19-23-27-65(28-24-20-16-12-8-2)116-101(122)79-51-43-71-67-39-47-75-91-76(48-40-68(87(67)91)72-44-52-80(102(116)123)93(79)89(71)72)98(119)114(97(75)118)57-61-31-35-63(36-32-61)85-55-83(59(5)126-85)95-96(106(110,111)107(112,113)105(95,108)109)84-56-86(127-60(84)6)64-37-33-62(34-38-64)58-115-99(120)77-49-41-69-73-45-53-81-94-82(54-46-74(90(73)94)70-42-50-78(100(115)121)92(77)88(69)70)104(125)117(103(81)124)66(29-25-21-17-13-9-3)30-26-22-18-14-10-4/h31-56,65-66H,7-30,57-58H2,1-6H3. The fourth-order valence-electron chi connectivity index (χ4n) is 21.5. The lowest BCUT2D eigenvalue weighted by molar-refractivity contribution is -0.254. The first-order chi connectivity index (χ1) is 61.3. The molecule has 0 spiro atoms. The van der Waals surface area contributed by atoms with Crippen LogP contribution in [0.25, 0.3) is 118 Å². The molecule has 6 heterocycles. The van der Waals surface area contributed by atoms with Crippen molar-refractivity contribution in [1.82, 2.24) is 19.6 Å². The first kappa shape index (κ1) is 85.0. The van der Waals surface area contributed by atoms with Gasteiger partial charge < -0.3 is 0 Å². The number of carbonyl (C=O) groups is 8. The van der Waals surface area contributed by atoms with Gasteiger partial charge in [0.25, 0.3) is 47.3 Å². The predicted octanol–water partition coefficient (Wildman–Crippen LogP) is 28.7. The van der Waals surface area contributed by atoms with E-state index in [4.69, 9.17) is 0 Å². The second kappa shape index (κ2) is 33.3. The molecule has 19 rings (SSSR count). The Labute approximate surface area is 740 Å². The number of thiophene rings is 2. The molecule has 0 saturated heterocycles. The molecule has 1 aliphatic carbocycles. The molecule has 127 heavy (non-hydrogen) atoms. The van der Waals surface area contributed by atoms with Crippen molar-refractivity contribution >= 4 is 167 Å². The van der Waals surface area contributed by atoms with Crippen molar-refractivity contribution in [2.45, 2.75) is 239 Å². The monoisotopic (exact) mass is 1740 g/mol.